The maximum Gasteiger partial charge on any atom is 0.410 e. The zero-order chi connectivity index (χ0) is 25.2. The van der Waals surface area contributed by atoms with E-state index in [0.717, 1.165) is 11.3 Å². The number of hydrogen-bond acceptors (Lipinski definition) is 5. The minimum Gasteiger partial charge on any atom is -0.444 e. The standard InChI is InChI=1S/C26H43NO4SSi/c1-18-23(17-30-33(9,10)26(6,7)8)22(14-15-27(18)24(29)31-25(3,4)5)20-12-11-13-21(16-20)32-19(2)28/h11-13,16,18,22-23H,14-15,17H2,1-10H3. The third-order valence-corrected chi connectivity index (χ3v) is 12.2. The first-order valence-corrected chi connectivity index (χ1v) is 15.7. The van der Waals surface area contributed by atoms with Crippen LogP contribution >= 0.6 is 11.8 Å². The normalized spacial score (nSPS) is 22.2. The molecule has 1 amide bonds. The van der Waals surface area contributed by atoms with E-state index in [2.05, 4.69) is 52.9 Å². The molecule has 1 aromatic carbocycles. The summed E-state index contributed by atoms with van der Waals surface area (Å²) < 4.78 is 12.4. The number of piperidine rings is 1. The van der Waals surface area contributed by atoms with E-state index in [9.17, 15) is 9.59 Å². The molecule has 0 N–H and O–H groups in total. The van der Waals surface area contributed by atoms with Crippen molar-refractivity contribution in [3.8, 4) is 0 Å². The van der Waals surface area contributed by atoms with Gasteiger partial charge in [-0.1, -0.05) is 44.7 Å². The number of nitrogens with zero attached hydrogens (tertiary/aromatic N) is 1. The zero-order valence-electron chi connectivity index (χ0n) is 22.2. The van der Waals surface area contributed by atoms with Gasteiger partial charge in [0.25, 0.3) is 0 Å². The lowest BCUT2D eigenvalue weighted by Gasteiger charge is -2.46. The number of ether oxygens (including phenoxy) is 1. The Morgan fingerprint density at radius 3 is 2.33 bits per heavy atom. The number of carbonyl (C=O) groups excluding carboxylic acids is 2. The van der Waals surface area contributed by atoms with E-state index >= 15 is 0 Å². The van der Waals surface area contributed by atoms with Crippen molar-refractivity contribution >= 4 is 31.3 Å². The molecule has 0 radical (unpaired) electrons. The molecule has 5 nitrogen and oxygen atoms in total. The first-order chi connectivity index (χ1) is 15.0. The van der Waals surface area contributed by atoms with Crippen molar-refractivity contribution in [1.82, 2.24) is 4.90 Å². The van der Waals surface area contributed by atoms with Gasteiger partial charge in [-0.2, -0.15) is 0 Å². The van der Waals surface area contributed by atoms with Gasteiger partial charge in [0.15, 0.2) is 13.4 Å². The molecule has 1 aromatic rings. The van der Waals surface area contributed by atoms with E-state index in [0.29, 0.717) is 13.2 Å². The van der Waals surface area contributed by atoms with E-state index < -0.39 is 13.9 Å². The summed E-state index contributed by atoms with van der Waals surface area (Å²) in [7, 11) is -1.95. The largest absolute Gasteiger partial charge is 0.444 e. The van der Waals surface area contributed by atoms with Crippen LogP contribution in [0.4, 0.5) is 4.79 Å². The van der Waals surface area contributed by atoms with E-state index in [-0.39, 0.29) is 34.1 Å². The fourth-order valence-corrected chi connectivity index (χ4v) is 5.72. The van der Waals surface area contributed by atoms with Crippen LogP contribution in [0.3, 0.4) is 0 Å². The van der Waals surface area contributed by atoms with Gasteiger partial charge in [0.1, 0.15) is 5.60 Å². The summed E-state index contributed by atoms with van der Waals surface area (Å²) in [6, 6.07) is 8.26. The highest BCUT2D eigenvalue weighted by Gasteiger charge is 2.43. The van der Waals surface area contributed by atoms with Crippen molar-refractivity contribution in [3.05, 3.63) is 29.8 Å². The van der Waals surface area contributed by atoms with Crippen LogP contribution in [0.2, 0.25) is 18.1 Å². The van der Waals surface area contributed by atoms with Crippen LogP contribution in [0.15, 0.2) is 29.2 Å². The van der Waals surface area contributed by atoms with E-state index in [4.69, 9.17) is 9.16 Å². The van der Waals surface area contributed by atoms with Crippen LogP contribution in [-0.2, 0) is 14.0 Å². The number of thioether (sulfide) groups is 1. The predicted octanol–water partition coefficient (Wildman–Crippen LogP) is 7.08. The highest BCUT2D eigenvalue weighted by atomic mass is 32.2. The average Bonchev–Trinajstić information content (AvgIpc) is 2.64. The van der Waals surface area contributed by atoms with Crippen LogP contribution < -0.4 is 0 Å². The number of likely N-dealkylation sites (tertiary alicyclic amines) is 1. The van der Waals surface area contributed by atoms with Gasteiger partial charge in [-0.3, -0.25) is 4.79 Å². The van der Waals surface area contributed by atoms with Crippen molar-refractivity contribution in [2.24, 2.45) is 5.92 Å². The molecule has 0 aromatic heterocycles. The summed E-state index contributed by atoms with van der Waals surface area (Å²) in [5.74, 6) is 0.383. The summed E-state index contributed by atoms with van der Waals surface area (Å²) in [5, 5.41) is 0.196. The van der Waals surface area contributed by atoms with Crippen LogP contribution in [0, 0.1) is 5.92 Å². The molecule has 3 unspecified atom stereocenters. The Morgan fingerprint density at radius 2 is 1.79 bits per heavy atom. The van der Waals surface area contributed by atoms with E-state index in [1.165, 1.54) is 17.3 Å². The molecule has 3 atom stereocenters. The molecule has 186 valence electrons. The molecule has 1 aliphatic heterocycles. The molecule has 0 bridgehead atoms. The van der Waals surface area contributed by atoms with Crippen molar-refractivity contribution in [1.29, 1.82) is 0 Å². The minimum atomic E-state index is -1.95. The number of rotatable bonds is 5. The van der Waals surface area contributed by atoms with Gasteiger partial charge in [0, 0.05) is 36.9 Å². The second kappa shape index (κ2) is 10.5. The van der Waals surface area contributed by atoms with Gasteiger partial charge in [-0.05, 0) is 75.9 Å². The summed E-state index contributed by atoms with van der Waals surface area (Å²) >= 11 is 1.26. The van der Waals surface area contributed by atoms with Crippen molar-refractivity contribution < 1.29 is 18.8 Å². The maximum atomic E-state index is 13.0. The third kappa shape index (κ3) is 7.59. The van der Waals surface area contributed by atoms with Gasteiger partial charge >= 0.3 is 6.09 Å². The Kier molecular flexibility index (Phi) is 8.91. The molecule has 1 aliphatic rings. The van der Waals surface area contributed by atoms with Gasteiger partial charge in [-0.25, -0.2) is 4.79 Å². The topological polar surface area (TPSA) is 55.8 Å². The molecular formula is C26H43NO4SSi. The highest BCUT2D eigenvalue weighted by molar-refractivity contribution is 8.13. The van der Waals surface area contributed by atoms with Gasteiger partial charge in [0.05, 0.1) is 0 Å². The highest BCUT2D eigenvalue weighted by Crippen LogP contribution is 2.42. The summed E-state index contributed by atoms with van der Waals surface area (Å²) in [5.41, 5.74) is 0.680. The van der Waals surface area contributed by atoms with Crippen LogP contribution in [0.5, 0.6) is 0 Å². The molecule has 1 fully saturated rings. The summed E-state index contributed by atoms with van der Waals surface area (Å²) in [4.78, 5) is 27.5. The molecule has 1 saturated heterocycles. The number of hydrogen-bond donors (Lipinski definition) is 0. The molecule has 33 heavy (non-hydrogen) atoms. The minimum absolute atomic E-state index is 0.0208. The van der Waals surface area contributed by atoms with Gasteiger partial charge < -0.3 is 14.1 Å². The van der Waals surface area contributed by atoms with E-state index in [1.54, 1.807) is 6.92 Å². The second-order valence-corrected chi connectivity index (χ2v) is 17.8. The Balaban J connectivity index is 2.34. The molecular weight excluding hydrogens is 450 g/mol. The summed E-state index contributed by atoms with van der Waals surface area (Å²) in [6.45, 7) is 21.9. The lowest BCUT2D eigenvalue weighted by molar-refractivity contribution is -0.109. The third-order valence-electron chi connectivity index (χ3n) is 6.93. The average molecular weight is 494 g/mol. The molecule has 2 rings (SSSR count). The fourth-order valence-electron chi connectivity index (χ4n) is 4.01. The Hall–Kier alpha value is -1.31. The monoisotopic (exact) mass is 493 g/mol. The second-order valence-electron chi connectivity index (χ2n) is 11.7. The fraction of sp³-hybridized carbons (Fsp3) is 0.692. The first-order valence-electron chi connectivity index (χ1n) is 11.9. The SMILES string of the molecule is CC(=O)Sc1cccc(C2CCN(C(=O)OC(C)(C)C)C(C)C2CO[Si](C)(C)C(C)(C)C)c1. The summed E-state index contributed by atoms with van der Waals surface area (Å²) in [6.07, 6.45) is 0.579. The van der Waals surface area contributed by atoms with Crippen molar-refractivity contribution in [3.63, 3.8) is 0 Å². The predicted molar refractivity (Wildman–Crippen MR) is 139 cm³/mol. The zero-order valence-corrected chi connectivity index (χ0v) is 24.0. The molecule has 0 aliphatic carbocycles. The maximum absolute atomic E-state index is 13.0. The molecule has 1 heterocycles. The lowest BCUT2D eigenvalue weighted by atomic mass is 9.77. The number of carbonyl (C=O) groups is 2. The van der Waals surface area contributed by atoms with Gasteiger partial charge in [-0.15, -0.1) is 0 Å². The van der Waals surface area contributed by atoms with E-state index in [1.807, 2.05) is 37.8 Å². The Morgan fingerprint density at radius 1 is 1.15 bits per heavy atom. The van der Waals surface area contributed by atoms with Gasteiger partial charge in [0.2, 0.25) is 0 Å². The molecule has 0 spiro atoms. The van der Waals surface area contributed by atoms with Crippen molar-refractivity contribution in [2.45, 2.75) is 102 Å². The molecule has 0 saturated carbocycles. The van der Waals surface area contributed by atoms with Crippen LogP contribution in [-0.4, -0.2) is 49.2 Å². The first kappa shape index (κ1) is 27.9. The van der Waals surface area contributed by atoms with Crippen molar-refractivity contribution in [2.75, 3.05) is 13.2 Å². The Bertz CT molecular complexity index is 843. The van der Waals surface area contributed by atoms with Crippen LogP contribution in [0.25, 0.3) is 0 Å². The number of amides is 1. The lowest BCUT2D eigenvalue weighted by Crippen LogP contribution is -2.53. The number of benzene rings is 1. The smallest absolute Gasteiger partial charge is 0.410 e. The van der Waals surface area contributed by atoms with Crippen LogP contribution in [0.1, 0.15) is 73.3 Å². The quantitative estimate of drug-likeness (QED) is 0.324. The molecule has 7 heteroatoms. The Labute approximate surface area is 206 Å².